The number of benzene rings is 1. The zero-order chi connectivity index (χ0) is 11.6. The van der Waals surface area contributed by atoms with Crippen molar-refractivity contribution in [2.45, 2.75) is 13.3 Å². The number of hydrogen-bond acceptors (Lipinski definition) is 1. The van der Waals surface area contributed by atoms with Crippen LogP contribution in [-0.2, 0) is 11.2 Å². The van der Waals surface area contributed by atoms with Crippen LogP contribution in [0.4, 0.5) is 8.78 Å². The van der Waals surface area contributed by atoms with Crippen LogP contribution in [-0.4, -0.2) is 11.1 Å². The van der Waals surface area contributed by atoms with Crippen molar-refractivity contribution in [1.82, 2.24) is 0 Å². The molecule has 0 amide bonds. The largest absolute Gasteiger partial charge is 0.481 e. The summed E-state index contributed by atoms with van der Waals surface area (Å²) in [6.45, 7) is 1.51. The second-order valence-electron chi connectivity index (χ2n) is 3.32. The predicted molar refractivity (Wildman–Crippen MR) is 54.6 cm³/mol. The van der Waals surface area contributed by atoms with Gasteiger partial charge < -0.3 is 5.11 Å². The topological polar surface area (TPSA) is 37.3 Å². The van der Waals surface area contributed by atoms with Crippen molar-refractivity contribution < 1.29 is 18.7 Å². The minimum absolute atomic E-state index is 0.00934. The Labute approximate surface area is 94.0 Å². The molecule has 1 aromatic rings. The number of carbonyl (C=O) groups is 1. The molecule has 0 saturated heterocycles. The Kier molecular flexibility index (Phi) is 3.79. The van der Waals surface area contributed by atoms with E-state index in [9.17, 15) is 13.6 Å². The zero-order valence-electron chi connectivity index (χ0n) is 7.93. The fourth-order valence-electron chi connectivity index (χ4n) is 1.17. The number of carboxylic acids is 1. The fourth-order valence-corrected chi connectivity index (χ4v) is 1.65. The van der Waals surface area contributed by atoms with E-state index in [4.69, 9.17) is 5.11 Å². The maximum Gasteiger partial charge on any atom is 0.306 e. The molecule has 1 unspecified atom stereocenters. The number of aliphatic carboxylic acids is 1. The Morgan fingerprint density at radius 3 is 2.60 bits per heavy atom. The van der Waals surface area contributed by atoms with Gasteiger partial charge in [0.1, 0.15) is 0 Å². The number of carboxylic acid groups (broad SMARTS) is 1. The predicted octanol–water partition coefficient (Wildman–Crippen LogP) is 2.99. The Morgan fingerprint density at radius 1 is 1.53 bits per heavy atom. The van der Waals surface area contributed by atoms with Crippen LogP contribution in [0.2, 0.25) is 0 Å². The highest BCUT2D eigenvalue weighted by Crippen LogP contribution is 2.22. The first kappa shape index (κ1) is 12.1. The molecule has 82 valence electrons. The second-order valence-corrected chi connectivity index (χ2v) is 4.17. The molecular weight excluding hydrogens is 270 g/mol. The minimum Gasteiger partial charge on any atom is -0.481 e. The molecule has 5 heteroatoms. The molecule has 0 aromatic heterocycles. The Bertz CT molecular complexity index is 370. The number of hydrogen-bond donors (Lipinski definition) is 1. The third kappa shape index (κ3) is 2.99. The van der Waals surface area contributed by atoms with Crippen LogP contribution in [0.5, 0.6) is 0 Å². The molecule has 0 aliphatic heterocycles. The molecule has 0 spiro atoms. The molecule has 1 rings (SSSR count). The average Bonchev–Trinajstić information content (AvgIpc) is 2.13. The lowest BCUT2D eigenvalue weighted by Gasteiger charge is -2.07. The first-order valence-corrected chi connectivity index (χ1v) is 5.07. The molecule has 0 aliphatic rings. The summed E-state index contributed by atoms with van der Waals surface area (Å²) in [5.74, 6) is -3.52. The van der Waals surface area contributed by atoms with E-state index < -0.39 is 23.5 Å². The summed E-state index contributed by atoms with van der Waals surface area (Å²) in [5, 5.41) is 8.66. The molecule has 0 radical (unpaired) electrons. The van der Waals surface area contributed by atoms with Crippen LogP contribution in [0.25, 0.3) is 0 Å². The van der Waals surface area contributed by atoms with Gasteiger partial charge >= 0.3 is 5.97 Å². The van der Waals surface area contributed by atoms with E-state index in [2.05, 4.69) is 15.9 Å². The molecule has 0 fully saturated rings. The lowest BCUT2D eigenvalue weighted by atomic mass is 10.0. The van der Waals surface area contributed by atoms with Crippen molar-refractivity contribution in [3.63, 3.8) is 0 Å². The maximum atomic E-state index is 12.9. The Balaban J connectivity index is 2.92. The summed E-state index contributed by atoms with van der Waals surface area (Å²) in [4.78, 5) is 10.6. The highest BCUT2D eigenvalue weighted by atomic mass is 79.9. The van der Waals surface area contributed by atoms with E-state index in [-0.39, 0.29) is 10.9 Å². The molecule has 0 saturated carbocycles. The summed E-state index contributed by atoms with van der Waals surface area (Å²) in [7, 11) is 0. The molecule has 2 nitrogen and oxygen atoms in total. The van der Waals surface area contributed by atoms with Crippen LogP contribution in [0, 0.1) is 17.6 Å². The van der Waals surface area contributed by atoms with Crippen LogP contribution in [0.1, 0.15) is 12.5 Å². The minimum atomic E-state index is -0.975. The van der Waals surface area contributed by atoms with Crippen LogP contribution < -0.4 is 0 Å². The van der Waals surface area contributed by atoms with E-state index in [1.807, 2.05) is 0 Å². The highest BCUT2D eigenvalue weighted by molar-refractivity contribution is 9.10. The van der Waals surface area contributed by atoms with Crippen molar-refractivity contribution in [1.29, 1.82) is 0 Å². The summed E-state index contributed by atoms with van der Waals surface area (Å²) in [6, 6.07) is 2.40. The zero-order valence-corrected chi connectivity index (χ0v) is 9.51. The van der Waals surface area contributed by atoms with Crippen molar-refractivity contribution in [2.75, 3.05) is 0 Å². The average molecular weight is 279 g/mol. The lowest BCUT2D eigenvalue weighted by Crippen LogP contribution is -2.12. The SMILES string of the molecule is CC(Cc1cc(F)c(F)c(Br)c1)C(=O)O. The summed E-state index contributed by atoms with van der Waals surface area (Å²) in [5.41, 5.74) is 0.454. The van der Waals surface area contributed by atoms with Gasteiger partial charge in [-0.2, -0.15) is 0 Å². The third-order valence-corrected chi connectivity index (χ3v) is 2.58. The van der Waals surface area contributed by atoms with Crippen LogP contribution in [0.15, 0.2) is 16.6 Å². The normalized spacial score (nSPS) is 12.5. The fraction of sp³-hybridized carbons (Fsp3) is 0.300. The van der Waals surface area contributed by atoms with Gasteiger partial charge in [-0.3, -0.25) is 4.79 Å². The van der Waals surface area contributed by atoms with E-state index >= 15 is 0 Å². The van der Waals surface area contributed by atoms with Gasteiger partial charge in [0.2, 0.25) is 0 Å². The van der Waals surface area contributed by atoms with E-state index in [1.165, 1.54) is 13.0 Å². The highest BCUT2D eigenvalue weighted by Gasteiger charge is 2.14. The van der Waals surface area contributed by atoms with Gasteiger partial charge in [0.15, 0.2) is 11.6 Å². The lowest BCUT2D eigenvalue weighted by molar-refractivity contribution is -0.141. The summed E-state index contributed by atoms with van der Waals surface area (Å²) >= 11 is 2.86. The van der Waals surface area contributed by atoms with Gasteiger partial charge in [0, 0.05) is 0 Å². The van der Waals surface area contributed by atoms with Gasteiger partial charge in [0.25, 0.3) is 0 Å². The molecular formula is C10H9BrF2O2. The summed E-state index contributed by atoms with van der Waals surface area (Å²) < 4.78 is 25.8. The first-order valence-electron chi connectivity index (χ1n) is 4.28. The van der Waals surface area contributed by atoms with Crippen molar-refractivity contribution in [3.05, 3.63) is 33.8 Å². The Morgan fingerprint density at radius 2 is 2.13 bits per heavy atom. The van der Waals surface area contributed by atoms with E-state index in [0.717, 1.165) is 6.07 Å². The molecule has 0 aliphatic carbocycles. The molecule has 0 heterocycles. The third-order valence-electron chi connectivity index (χ3n) is 2.01. The molecule has 1 aromatic carbocycles. The quantitative estimate of drug-likeness (QED) is 0.863. The molecule has 15 heavy (non-hydrogen) atoms. The van der Waals surface area contributed by atoms with Gasteiger partial charge in [-0.25, -0.2) is 8.78 Å². The molecule has 0 bridgehead atoms. The smallest absolute Gasteiger partial charge is 0.306 e. The van der Waals surface area contributed by atoms with Crippen molar-refractivity contribution in [3.8, 4) is 0 Å². The van der Waals surface area contributed by atoms with Gasteiger partial charge in [0.05, 0.1) is 10.4 Å². The number of rotatable bonds is 3. The number of halogens is 3. The van der Waals surface area contributed by atoms with Crippen molar-refractivity contribution >= 4 is 21.9 Å². The molecule has 1 atom stereocenters. The monoisotopic (exact) mass is 278 g/mol. The van der Waals surface area contributed by atoms with Gasteiger partial charge in [-0.05, 0) is 40.0 Å². The summed E-state index contributed by atoms with van der Waals surface area (Å²) in [6.07, 6.45) is 0.172. The van der Waals surface area contributed by atoms with Crippen LogP contribution >= 0.6 is 15.9 Å². The second kappa shape index (κ2) is 4.70. The van der Waals surface area contributed by atoms with Gasteiger partial charge in [-0.1, -0.05) is 6.92 Å². The van der Waals surface area contributed by atoms with Crippen molar-refractivity contribution in [2.24, 2.45) is 5.92 Å². The first-order chi connectivity index (χ1) is 6.91. The van der Waals surface area contributed by atoms with Gasteiger partial charge in [-0.15, -0.1) is 0 Å². The van der Waals surface area contributed by atoms with E-state index in [1.54, 1.807) is 0 Å². The maximum absolute atomic E-state index is 12.9. The molecule has 1 N–H and O–H groups in total. The van der Waals surface area contributed by atoms with Crippen LogP contribution in [0.3, 0.4) is 0 Å². The Hall–Kier alpha value is -0.970. The standard InChI is InChI=1S/C10H9BrF2O2/c1-5(10(14)15)2-6-3-7(11)9(13)8(12)4-6/h3-5H,2H2,1H3,(H,14,15). The van der Waals surface area contributed by atoms with E-state index in [0.29, 0.717) is 5.56 Å².